The van der Waals surface area contributed by atoms with E-state index in [9.17, 15) is 9.59 Å². The number of para-hydroxylation sites is 1. The third kappa shape index (κ3) is 3.81. The van der Waals surface area contributed by atoms with Crippen molar-refractivity contribution in [2.24, 2.45) is 12.8 Å². The Balaban J connectivity index is 0.000000730. The van der Waals surface area contributed by atoms with E-state index in [1.54, 1.807) is 22.4 Å². The van der Waals surface area contributed by atoms with Crippen LogP contribution in [0.25, 0.3) is 16.6 Å². The van der Waals surface area contributed by atoms with Crippen LogP contribution in [0.5, 0.6) is 0 Å². The average molecular weight is 425 g/mol. The van der Waals surface area contributed by atoms with Gasteiger partial charge in [0.2, 0.25) is 5.91 Å². The van der Waals surface area contributed by atoms with Gasteiger partial charge in [0.15, 0.2) is 5.82 Å². The standard InChI is InChI=1S/C20H21N5O3.CH2O2/c1-24-14-5-3-2-4-12(14)15(9-19(24)27)25-20(22-18(23-25)10-17(21)26)13-8-11-6-7-16(13)28-11;2-1-3/h2-5,9,11,13,16H,6-8,10H2,1H3,(H2,21,26);1H,(H,2,3)/t11-,13-,16+;/m0./s1. The zero-order chi connectivity index (χ0) is 22.1. The van der Waals surface area contributed by atoms with Gasteiger partial charge in [-0.3, -0.25) is 14.4 Å². The molecule has 0 radical (unpaired) electrons. The van der Waals surface area contributed by atoms with Crippen LogP contribution in [-0.4, -0.2) is 49.0 Å². The van der Waals surface area contributed by atoms with Gasteiger partial charge in [-0.2, -0.15) is 5.10 Å². The number of aromatic nitrogens is 4. The molecule has 2 bridgehead atoms. The smallest absolute Gasteiger partial charge is 0.290 e. The molecule has 10 nitrogen and oxygen atoms in total. The van der Waals surface area contributed by atoms with Crippen molar-refractivity contribution >= 4 is 23.3 Å². The number of aryl methyl sites for hydroxylation is 1. The minimum absolute atomic E-state index is 0.0373. The minimum Gasteiger partial charge on any atom is -0.483 e. The highest BCUT2D eigenvalue weighted by Crippen LogP contribution is 2.44. The summed E-state index contributed by atoms with van der Waals surface area (Å²) in [5, 5.41) is 12.4. The number of rotatable bonds is 4. The highest BCUT2D eigenvalue weighted by molar-refractivity contribution is 5.87. The first-order valence-electron chi connectivity index (χ1n) is 9.99. The summed E-state index contributed by atoms with van der Waals surface area (Å²) in [6, 6.07) is 9.26. The van der Waals surface area contributed by atoms with E-state index in [0.717, 1.165) is 36.0 Å². The van der Waals surface area contributed by atoms with Crippen molar-refractivity contribution in [3.05, 3.63) is 52.3 Å². The zero-order valence-electron chi connectivity index (χ0n) is 17.0. The van der Waals surface area contributed by atoms with Gasteiger partial charge in [0.1, 0.15) is 5.82 Å². The van der Waals surface area contributed by atoms with Crippen LogP contribution >= 0.6 is 0 Å². The Bertz CT molecular complexity index is 1200. The Morgan fingerprint density at radius 1 is 1.35 bits per heavy atom. The van der Waals surface area contributed by atoms with Crippen LogP contribution in [-0.2, 0) is 27.8 Å². The van der Waals surface area contributed by atoms with Gasteiger partial charge in [0.05, 0.1) is 29.8 Å². The number of carbonyl (C=O) groups excluding carboxylic acids is 1. The quantitative estimate of drug-likeness (QED) is 0.591. The van der Waals surface area contributed by atoms with Crippen LogP contribution in [0.2, 0.25) is 0 Å². The van der Waals surface area contributed by atoms with Gasteiger partial charge in [-0.05, 0) is 25.3 Å². The molecular weight excluding hydrogens is 402 g/mol. The van der Waals surface area contributed by atoms with Crippen LogP contribution in [0.3, 0.4) is 0 Å². The molecule has 0 aliphatic carbocycles. The van der Waals surface area contributed by atoms with Crippen LogP contribution in [0, 0.1) is 0 Å². The molecule has 0 spiro atoms. The normalized spacial score (nSPS) is 21.6. The molecule has 5 rings (SSSR count). The van der Waals surface area contributed by atoms with Gasteiger partial charge >= 0.3 is 0 Å². The minimum atomic E-state index is -0.485. The fourth-order valence-electron chi connectivity index (χ4n) is 4.49. The van der Waals surface area contributed by atoms with Crippen LogP contribution < -0.4 is 11.3 Å². The average Bonchev–Trinajstić information content (AvgIpc) is 3.46. The molecule has 2 aliphatic rings. The maximum Gasteiger partial charge on any atom is 0.290 e. The SMILES string of the molecule is Cn1c(=O)cc(-n2nc(CC(N)=O)nc2[C@H]2C[C@@H]3CC[C@H]2O3)c2ccccc21.O=CO. The summed E-state index contributed by atoms with van der Waals surface area (Å²) in [7, 11) is 1.75. The summed E-state index contributed by atoms with van der Waals surface area (Å²) >= 11 is 0. The van der Waals surface area contributed by atoms with Crippen LogP contribution in [0.4, 0.5) is 0 Å². The van der Waals surface area contributed by atoms with E-state index in [1.165, 1.54) is 0 Å². The number of primary amides is 1. The molecule has 3 N–H and O–H groups in total. The Morgan fingerprint density at radius 3 is 2.74 bits per heavy atom. The third-order valence-electron chi connectivity index (χ3n) is 5.81. The summed E-state index contributed by atoms with van der Waals surface area (Å²) < 4.78 is 9.34. The molecule has 10 heteroatoms. The molecule has 1 aromatic carbocycles. The van der Waals surface area contributed by atoms with E-state index in [2.05, 4.69) is 10.1 Å². The van der Waals surface area contributed by atoms with Crippen LogP contribution in [0.15, 0.2) is 35.1 Å². The summed E-state index contributed by atoms with van der Waals surface area (Å²) in [4.78, 5) is 37.0. The zero-order valence-corrected chi connectivity index (χ0v) is 17.0. The van der Waals surface area contributed by atoms with E-state index in [-0.39, 0.29) is 36.6 Å². The molecule has 0 unspecified atom stereocenters. The van der Waals surface area contributed by atoms with Crippen LogP contribution in [0.1, 0.15) is 36.8 Å². The number of hydrogen-bond donors (Lipinski definition) is 2. The number of carboxylic acid groups (broad SMARTS) is 1. The number of amides is 1. The second kappa shape index (κ2) is 8.31. The van der Waals surface area contributed by atoms with Crippen molar-refractivity contribution in [3.8, 4) is 5.69 Å². The van der Waals surface area contributed by atoms with Gasteiger partial charge in [-0.25, -0.2) is 9.67 Å². The Labute approximate surface area is 177 Å². The van der Waals surface area contributed by atoms with E-state index < -0.39 is 5.91 Å². The van der Waals surface area contributed by atoms with Crippen molar-refractivity contribution in [1.29, 1.82) is 0 Å². The Morgan fingerprint density at radius 2 is 2.10 bits per heavy atom. The molecule has 2 aliphatic heterocycles. The fraction of sp³-hybridized carbons (Fsp3) is 0.381. The highest BCUT2D eigenvalue weighted by atomic mass is 16.5. The highest BCUT2D eigenvalue weighted by Gasteiger charge is 2.44. The third-order valence-corrected chi connectivity index (χ3v) is 5.81. The lowest BCUT2D eigenvalue weighted by Gasteiger charge is -2.19. The molecule has 3 aromatic rings. The van der Waals surface area contributed by atoms with E-state index in [0.29, 0.717) is 11.5 Å². The molecule has 31 heavy (non-hydrogen) atoms. The van der Waals surface area contributed by atoms with Gasteiger partial charge < -0.3 is 20.1 Å². The molecular formula is C21H23N5O5. The van der Waals surface area contributed by atoms with Gasteiger partial charge in [-0.15, -0.1) is 0 Å². The van der Waals surface area contributed by atoms with Gasteiger partial charge in [0.25, 0.3) is 12.0 Å². The summed E-state index contributed by atoms with van der Waals surface area (Å²) in [6.45, 7) is -0.250. The number of pyridine rings is 1. The van der Waals surface area contributed by atoms with E-state index in [1.807, 2.05) is 24.3 Å². The van der Waals surface area contributed by atoms with Gasteiger partial charge in [0, 0.05) is 24.4 Å². The van der Waals surface area contributed by atoms with Crippen molar-refractivity contribution in [3.63, 3.8) is 0 Å². The fourth-order valence-corrected chi connectivity index (χ4v) is 4.49. The summed E-state index contributed by atoms with van der Waals surface area (Å²) in [5.74, 6) is 0.717. The van der Waals surface area contributed by atoms with Crippen molar-refractivity contribution < 1.29 is 19.4 Å². The lowest BCUT2D eigenvalue weighted by molar-refractivity contribution is -0.123. The first kappa shape index (κ1) is 20.7. The predicted octanol–water partition coefficient (Wildman–Crippen LogP) is 0.883. The Kier molecular flexibility index (Phi) is 5.55. The Hall–Kier alpha value is -3.53. The molecule has 2 saturated heterocycles. The number of benzene rings is 1. The van der Waals surface area contributed by atoms with Crippen molar-refractivity contribution in [1.82, 2.24) is 19.3 Å². The molecule has 162 valence electrons. The molecule has 1 amide bonds. The first-order chi connectivity index (χ1) is 14.9. The van der Waals surface area contributed by atoms with Crippen molar-refractivity contribution in [2.45, 2.75) is 43.8 Å². The second-order valence-electron chi connectivity index (χ2n) is 7.71. The lowest BCUT2D eigenvalue weighted by atomic mass is 9.88. The lowest BCUT2D eigenvalue weighted by Crippen LogP contribution is -2.22. The predicted molar refractivity (Wildman–Crippen MR) is 111 cm³/mol. The maximum atomic E-state index is 12.6. The number of ether oxygens (including phenoxy) is 1. The maximum absolute atomic E-state index is 12.6. The van der Waals surface area contributed by atoms with Gasteiger partial charge in [-0.1, -0.05) is 18.2 Å². The number of carbonyl (C=O) groups is 2. The van der Waals surface area contributed by atoms with E-state index >= 15 is 0 Å². The topological polar surface area (TPSA) is 142 Å². The van der Waals surface area contributed by atoms with Crippen molar-refractivity contribution in [2.75, 3.05) is 0 Å². The number of fused-ring (bicyclic) bond motifs is 3. The molecule has 0 saturated carbocycles. The summed E-state index contributed by atoms with van der Waals surface area (Å²) in [5.41, 5.74) is 6.71. The largest absolute Gasteiger partial charge is 0.483 e. The molecule has 2 aromatic heterocycles. The van der Waals surface area contributed by atoms with E-state index in [4.69, 9.17) is 20.4 Å². The molecule has 2 fully saturated rings. The number of hydrogen-bond acceptors (Lipinski definition) is 6. The summed E-state index contributed by atoms with van der Waals surface area (Å²) in [6.07, 6.45) is 3.25. The molecule has 3 atom stereocenters. The second-order valence-corrected chi connectivity index (χ2v) is 7.71. The number of nitrogens with two attached hydrogens (primary N) is 1. The molecule has 4 heterocycles. The first-order valence-corrected chi connectivity index (χ1v) is 9.99. The monoisotopic (exact) mass is 425 g/mol. The number of nitrogens with zero attached hydrogens (tertiary/aromatic N) is 4.